The number of fused-ring (bicyclic) bond motifs is 1. The number of hydrogen-bond acceptors (Lipinski definition) is 4. The first-order valence-corrected chi connectivity index (χ1v) is 9.19. The predicted octanol–water partition coefficient (Wildman–Crippen LogP) is 4.59. The molecule has 28 heavy (non-hydrogen) atoms. The maximum absolute atomic E-state index is 12.9. The van der Waals surface area contributed by atoms with Crippen molar-refractivity contribution in [2.75, 3.05) is 7.11 Å². The van der Waals surface area contributed by atoms with Crippen molar-refractivity contribution in [2.24, 2.45) is 0 Å². The van der Waals surface area contributed by atoms with Crippen molar-refractivity contribution in [3.05, 3.63) is 75.3 Å². The average Bonchev–Trinajstić information content (AvgIpc) is 2.65. The molecule has 144 valence electrons. The number of methoxy groups -OCH3 is 1. The van der Waals surface area contributed by atoms with E-state index in [1.807, 2.05) is 57.2 Å². The minimum Gasteiger partial charge on any atom is -0.496 e. The van der Waals surface area contributed by atoms with Crippen LogP contribution in [0.1, 0.15) is 37.6 Å². The highest BCUT2D eigenvalue weighted by Gasteiger charge is 2.16. The van der Waals surface area contributed by atoms with Crippen LogP contribution in [0, 0.1) is 12.3 Å². The summed E-state index contributed by atoms with van der Waals surface area (Å²) in [6, 6.07) is 11.5. The van der Waals surface area contributed by atoms with Gasteiger partial charge in [-0.15, -0.1) is 0 Å². The van der Waals surface area contributed by atoms with Crippen LogP contribution in [0.15, 0.2) is 53.0 Å². The molecule has 3 rings (SSSR count). The first kappa shape index (κ1) is 19.5. The molecule has 0 radical (unpaired) electrons. The third kappa shape index (κ3) is 3.60. The highest BCUT2D eigenvalue weighted by Crippen LogP contribution is 2.33. The Hall–Kier alpha value is -3.21. The number of allylic oxidation sites excluding steroid dienone is 2. The van der Waals surface area contributed by atoms with Crippen LogP contribution in [-0.2, 0) is 6.54 Å². The molecule has 3 aromatic rings. The number of aryl methyl sites for hydroxylation is 1. The lowest BCUT2D eigenvalue weighted by Gasteiger charge is -2.18. The minimum absolute atomic E-state index is 0.0429. The van der Waals surface area contributed by atoms with Gasteiger partial charge in [0.2, 0.25) is 0 Å². The molecule has 0 saturated carbocycles. The van der Waals surface area contributed by atoms with Gasteiger partial charge in [-0.2, -0.15) is 0 Å². The summed E-state index contributed by atoms with van der Waals surface area (Å²) in [6.45, 7) is 7.97. The van der Waals surface area contributed by atoms with Gasteiger partial charge in [0.1, 0.15) is 5.75 Å². The summed E-state index contributed by atoms with van der Waals surface area (Å²) >= 11 is 0. The number of benzene rings is 1. The normalized spacial score (nSPS) is 10.8. The molecule has 2 aromatic heterocycles. The smallest absolute Gasteiger partial charge is 0.254 e. The molecule has 1 aromatic carbocycles. The number of pyridine rings is 2. The quantitative estimate of drug-likeness (QED) is 0.663. The molecule has 0 fully saturated rings. The predicted molar refractivity (Wildman–Crippen MR) is 115 cm³/mol. The zero-order valence-corrected chi connectivity index (χ0v) is 17.0. The van der Waals surface area contributed by atoms with Gasteiger partial charge in [0.25, 0.3) is 5.56 Å². The molecule has 0 aliphatic rings. The van der Waals surface area contributed by atoms with Crippen molar-refractivity contribution in [3.63, 3.8) is 0 Å². The molecule has 0 unspecified atom stereocenters. The van der Waals surface area contributed by atoms with E-state index in [9.17, 15) is 4.79 Å². The van der Waals surface area contributed by atoms with Gasteiger partial charge in [0.05, 0.1) is 24.9 Å². The molecule has 0 bridgehead atoms. The minimum atomic E-state index is -0.0429. The van der Waals surface area contributed by atoms with Crippen molar-refractivity contribution >= 4 is 22.2 Å². The van der Waals surface area contributed by atoms with Crippen LogP contribution < -0.4 is 10.3 Å². The van der Waals surface area contributed by atoms with E-state index >= 15 is 0 Å². The second-order valence-corrected chi connectivity index (χ2v) is 7.15. The molecule has 0 atom stereocenters. The van der Waals surface area contributed by atoms with Gasteiger partial charge in [-0.25, -0.2) is 0 Å². The summed E-state index contributed by atoms with van der Waals surface area (Å²) in [6.07, 6.45) is 1.73. The molecule has 0 spiro atoms. The summed E-state index contributed by atoms with van der Waals surface area (Å²) in [5.74, 6) is 0.647. The van der Waals surface area contributed by atoms with Gasteiger partial charge in [-0.05, 0) is 57.3 Å². The fourth-order valence-corrected chi connectivity index (χ4v) is 3.57. The lowest BCUT2D eigenvalue weighted by Crippen LogP contribution is -2.23. The van der Waals surface area contributed by atoms with E-state index in [1.54, 1.807) is 24.8 Å². The SMILES string of the molecule is COc1cc2c(cc1C(C(C)=N)=C(C)C)cc(C)c(=O)n2Cc1ccccn1. The third-order valence-corrected chi connectivity index (χ3v) is 4.78. The van der Waals surface area contributed by atoms with E-state index in [4.69, 9.17) is 10.1 Å². The second kappa shape index (κ2) is 7.80. The van der Waals surface area contributed by atoms with Crippen molar-refractivity contribution in [2.45, 2.75) is 34.2 Å². The summed E-state index contributed by atoms with van der Waals surface area (Å²) in [5, 5.41) is 9.12. The van der Waals surface area contributed by atoms with E-state index in [0.717, 1.165) is 33.3 Å². The second-order valence-electron chi connectivity index (χ2n) is 7.15. The van der Waals surface area contributed by atoms with Crippen LogP contribution in [-0.4, -0.2) is 22.4 Å². The molecule has 0 saturated heterocycles. The van der Waals surface area contributed by atoms with Gasteiger partial charge >= 0.3 is 0 Å². The Bertz CT molecular complexity index is 1140. The molecular weight excluding hydrogens is 350 g/mol. The molecule has 5 nitrogen and oxygen atoms in total. The van der Waals surface area contributed by atoms with Gasteiger partial charge in [-0.3, -0.25) is 9.78 Å². The maximum Gasteiger partial charge on any atom is 0.254 e. The molecule has 2 heterocycles. The van der Waals surface area contributed by atoms with Crippen LogP contribution in [0.3, 0.4) is 0 Å². The lowest BCUT2D eigenvalue weighted by molar-refractivity contribution is 0.414. The number of aromatic nitrogens is 2. The van der Waals surface area contributed by atoms with Crippen molar-refractivity contribution < 1.29 is 4.74 Å². The van der Waals surface area contributed by atoms with Gasteiger partial charge < -0.3 is 14.7 Å². The monoisotopic (exact) mass is 375 g/mol. The van der Waals surface area contributed by atoms with E-state index in [0.29, 0.717) is 23.6 Å². The van der Waals surface area contributed by atoms with E-state index < -0.39 is 0 Å². The zero-order chi connectivity index (χ0) is 20.4. The Kier molecular flexibility index (Phi) is 5.45. The van der Waals surface area contributed by atoms with E-state index in [1.165, 1.54) is 0 Å². The van der Waals surface area contributed by atoms with Crippen LogP contribution in [0.2, 0.25) is 0 Å². The topological polar surface area (TPSA) is 68.0 Å². The molecule has 0 aliphatic carbocycles. The van der Waals surface area contributed by atoms with Crippen molar-refractivity contribution in [1.29, 1.82) is 5.41 Å². The lowest BCUT2D eigenvalue weighted by atomic mass is 9.95. The summed E-state index contributed by atoms with van der Waals surface area (Å²) in [7, 11) is 1.61. The van der Waals surface area contributed by atoms with Crippen molar-refractivity contribution in [3.8, 4) is 5.75 Å². The molecule has 5 heteroatoms. The standard InChI is InChI=1S/C23H25N3O2/c1-14(2)22(16(4)24)19-11-17-10-15(3)23(27)26(20(17)12-21(19)28-5)13-18-8-6-7-9-25-18/h6-12,24H,13H2,1-5H3. The molecule has 1 N–H and O–H groups in total. The van der Waals surface area contributed by atoms with Crippen molar-refractivity contribution in [1.82, 2.24) is 9.55 Å². The Morgan fingerprint density at radius 2 is 1.93 bits per heavy atom. The number of nitrogens with zero attached hydrogens (tertiary/aromatic N) is 2. The zero-order valence-electron chi connectivity index (χ0n) is 17.0. The Morgan fingerprint density at radius 1 is 1.18 bits per heavy atom. The molecule has 0 amide bonds. The van der Waals surface area contributed by atoms with Crippen LogP contribution in [0.25, 0.3) is 16.5 Å². The fourth-order valence-electron chi connectivity index (χ4n) is 3.57. The number of ether oxygens (including phenoxy) is 1. The van der Waals surface area contributed by atoms with E-state index in [-0.39, 0.29) is 5.56 Å². The third-order valence-electron chi connectivity index (χ3n) is 4.78. The van der Waals surface area contributed by atoms with Gasteiger partial charge in [-0.1, -0.05) is 11.6 Å². The maximum atomic E-state index is 12.9. The Labute approximate surface area is 164 Å². The average molecular weight is 375 g/mol. The summed E-state index contributed by atoms with van der Waals surface area (Å²) in [4.78, 5) is 17.2. The van der Waals surface area contributed by atoms with Crippen LogP contribution in [0.5, 0.6) is 5.75 Å². The fraction of sp³-hybridized carbons (Fsp3) is 0.261. The summed E-state index contributed by atoms with van der Waals surface area (Å²) < 4.78 is 7.38. The molecule has 0 aliphatic heterocycles. The first-order chi connectivity index (χ1) is 13.3. The Balaban J connectivity index is 2.32. The highest BCUT2D eigenvalue weighted by atomic mass is 16.5. The number of hydrogen-bond donors (Lipinski definition) is 1. The van der Waals surface area contributed by atoms with Gasteiger partial charge in [0, 0.05) is 34.7 Å². The number of rotatable bonds is 5. The summed E-state index contributed by atoms with van der Waals surface area (Å²) in [5.41, 5.74) is 5.49. The highest BCUT2D eigenvalue weighted by molar-refractivity contribution is 6.23. The van der Waals surface area contributed by atoms with Crippen LogP contribution in [0.4, 0.5) is 0 Å². The Morgan fingerprint density at radius 3 is 2.50 bits per heavy atom. The largest absolute Gasteiger partial charge is 0.496 e. The van der Waals surface area contributed by atoms with Gasteiger partial charge in [0.15, 0.2) is 0 Å². The van der Waals surface area contributed by atoms with E-state index in [2.05, 4.69) is 4.98 Å². The number of nitrogens with one attached hydrogen (secondary N) is 1. The molecular formula is C23H25N3O2. The first-order valence-electron chi connectivity index (χ1n) is 9.19. The van der Waals surface area contributed by atoms with Crippen LogP contribution >= 0.6 is 0 Å².